The number of rotatable bonds is 10. The van der Waals surface area contributed by atoms with Crippen molar-refractivity contribution in [3.8, 4) is 0 Å². The lowest BCUT2D eigenvalue weighted by atomic mass is 10.3. The van der Waals surface area contributed by atoms with E-state index in [1.54, 1.807) is 0 Å². The van der Waals surface area contributed by atoms with E-state index in [4.69, 9.17) is 14.2 Å². The van der Waals surface area contributed by atoms with E-state index in [-0.39, 0.29) is 12.1 Å². The van der Waals surface area contributed by atoms with E-state index < -0.39 is 5.41 Å². The fraction of sp³-hybridized carbons (Fsp3) is 0.923. The average molecular weight is 276 g/mol. The summed E-state index contributed by atoms with van der Waals surface area (Å²) in [6.07, 6.45) is 3.79. The van der Waals surface area contributed by atoms with Crippen molar-refractivity contribution in [1.82, 2.24) is 0 Å². The fourth-order valence-electron chi connectivity index (χ4n) is 1.47. The number of carbonyl (C=O) groups is 1. The van der Waals surface area contributed by atoms with Gasteiger partial charge in [0, 0.05) is 20.1 Å². The molecule has 1 unspecified atom stereocenters. The van der Waals surface area contributed by atoms with Crippen molar-refractivity contribution in [3.05, 3.63) is 0 Å². The van der Waals surface area contributed by atoms with Crippen molar-refractivity contribution in [3.63, 3.8) is 0 Å². The van der Waals surface area contributed by atoms with Gasteiger partial charge in [-0.1, -0.05) is 26.7 Å². The summed E-state index contributed by atoms with van der Waals surface area (Å²) >= 11 is 0. The molecule has 0 radical (unpaired) electrons. The maximum atomic E-state index is 11.0. The summed E-state index contributed by atoms with van der Waals surface area (Å²) in [5.41, 5.74) is -0.712. The number of esters is 1. The highest BCUT2D eigenvalue weighted by molar-refractivity contribution is 6.14. The second-order valence-electron chi connectivity index (χ2n) is 4.67. The molecular weight excluding hydrogens is 248 g/mol. The first-order valence-electron chi connectivity index (χ1n) is 6.91. The van der Waals surface area contributed by atoms with E-state index in [9.17, 15) is 4.79 Å². The first-order chi connectivity index (χ1) is 8.46. The highest BCUT2D eigenvalue weighted by Gasteiger charge is 2.35. The standard InChI is InChI=1S/C13H28O4Si/c1-5-7-9-15-13(18,16-10-8-6-2)11(3)17-12(4)14/h11H,5-10H2,1-4,18H3. The van der Waals surface area contributed by atoms with Gasteiger partial charge >= 0.3 is 5.97 Å². The first kappa shape index (κ1) is 17.6. The van der Waals surface area contributed by atoms with Gasteiger partial charge in [-0.2, -0.15) is 0 Å². The van der Waals surface area contributed by atoms with Gasteiger partial charge < -0.3 is 14.2 Å². The minimum Gasteiger partial charge on any atom is -0.458 e. The van der Waals surface area contributed by atoms with Gasteiger partial charge in [0.2, 0.25) is 0 Å². The van der Waals surface area contributed by atoms with Crippen molar-refractivity contribution < 1.29 is 19.0 Å². The van der Waals surface area contributed by atoms with E-state index in [0.717, 1.165) is 25.7 Å². The normalized spacial score (nSPS) is 13.6. The smallest absolute Gasteiger partial charge is 0.303 e. The molecule has 0 fully saturated rings. The molecule has 4 nitrogen and oxygen atoms in total. The van der Waals surface area contributed by atoms with E-state index in [1.165, 1.54) is 6.92 Å². The maximum absolute atomic E-state index is 11.0. The molecule has 0 aliphatic carbocycles. The highest BCUT2D eigenvalue weighted by atomic mass is 28.1. The summed E-state index contributed by atoms with van der Waals surface area (Å²) in [7, 11) is 0.670. The minimum absolute atomic E-state index is 0.291. The average Bonchev–Trinajstić information content (AvgIpc) is 2.29. The van der Waals surface area contributed by atoms with E-state index in [0.29, 0.717) is 23.5 Å². The molecule has 0 aromatic carbocycles. The van der Waals surface area contributed by atoms with Gasteiger partial charge in [-0.3, -0.25) is 4.79 Å². The third-order valence-corrected chi connectivity index (χ3v) is 4.24. The highest BCUT2D eigenvalue weighted by Crippen LogP contribution is 2.19. The molecule has 0 aliphatic rings. The molecule has 0 spiro atoms. The van der Waals surface area contributed by atoms with Crippen LogP contribution in [0.1, 0.15) is 53.4 Å². The van der Waals surface area contributed by atoms with Gasteiger partial charge in [-0.25, -0.2) is 0 Å². The van der Waals surface area contributed by atoms with Crippen LogP contribution < -0.4 is 0 Å². The molecule has 0 aromatic heterocycles. The van der Waals surface area contributed by atoms with E-state index >= 15 is 0 Å². The summed E-state index contributed by atoms with van der Waals surface area (Å²) in [6, 6.07) is 0. The number of ether oxygens (including phenoxy) is 3. The molecule has 0 bridgehead atoms. The maximum Gasteiger partial charge on any atom is 0.303 e. The fourth-order valence-corrected chi connectivity index (χ4v) is 2.00. The monoisotopic (exact) mass is 276 g/mol. The van der Waals surface area contributed by atoms with Crippen molar-refractivity contribution in [2.24, 2.45) is 0 Å². The van der Waals surface area contributed by atoms with Crippen LogP contribution in [0.15, 0.2) is 0 Å². The van der Waals surface area contributed by atoms with Gasteiger partial charge in [0.05, 0.1) is 10.2 Å². The lowest BCUT2D eigenvalue weighted by Crippen LogP contribution is -2.49. The molecule has 0 rings (SSSR count). The van der Waals surface area contributed by atoms with Crippen LogP contribution in [0.25, 0.3) is 0 Å². The third-order valence-electron chi connectivity index (χ3n) is 2.85. The predicted molar refractivity (Wildman–Crippen MR) is 75.6 cm³/mol. The van der Waals surface area contributed by atoms with Crippen LogP contribution >= 0.6 is 0 Å². The Morgan fingerprint density at radius 1 is 1.17 bits per heavy atom. The quantitative estimate of drug-likeness (QED) is 0.263. The predicted octanol–water partition coefficient (Wildman–Crippen LogP) is 1.59. The lowest BCUT2D eigenvalue weighted by molar-refractivity contribution is -0.234. The zero-order valence-electron chi connectivity index (χ0n) is 12.5. The Morgan fingerprint density at radius 2 is 1.61 bits per heavy atom. The van der Waals surface area contributed by atoms with E-state index in [1.807, 2.05) is 6.92 Å². The van der Waals surface area contributed by atoms with Gasteiger partial charge in [-0.05, 0) is 19.8 Å². The minimum atomic E-state index is -0.712. The van der Waals surface area contributed by atoms with Crippen molar-refractivity contribution in [2.75, 3.05) is 13.2 Å². The second kappa shape index (κ2) is 9.53. The summed E-state index contributed by atoms with van der Waals surface area (Å²) in [4.78, 5) is 11.0. The van der Waals surface area contributed by atoms with Crippen LogP contribution in [0.3, 0.4) is 0 Å². The third kappa shape index (κ3) is 7.13. The van der Waals surface area contributed by atoms with E-state index in [2.05, 4.69) is 13.8 Å². The SMILES string of the molecule is CCCCOC([SiH3])(OCCCC)C(C)OC(C)=O. The molecular formula is C13H28O4Si. The van der Waals surface area contributed by atoms with Crippen molar-refractivity contribution >= 4 is 16.2 Å². The number of hydrogen-bond acceptors (Lipinski definition) is 4. The molecule has 0 N–H and O–H groups in total. The molecule has 0 amide bonds. The molecule has 0 aliphatic heterocycles. The Labute approximate surface area is 114 Å². The van der Waals surface area contributed by atoms with Crippen LogP contribution in [0, 0.1) is 0 Å². The molecule has 18 heavy (non-hydrogen) atoms. The molecule has 1 atom stereocenters. The number of carbonyl (C=O) groups excluding carboxylic acids is 1. The van der Waals surface area contributed by atoms with Crippen molar-refractivity contribution in [2.45, 2.75) is 64.9 Å². The Hall–Kier alpha value is -0.393. The Morgan fingerprint density at radius 3 is 1.94 bits per heavy atom. The van der Waals surface area contributed by atoms with Crippen LogP contribution in [-0.4, -0.2) is 40.9 Å². The Kier molecular flexibility index (Phi) is 9.32. The lowest BCUT2D eigenvalue weighted by Gasteiger charge is -2.35. The summed E-state index contributed by atoms with van der Waals surface area (Å²) in [5, 5.41) is 0. The van der Waals surface area contributed by atoms with Crippen molar-refractivity contribution in [1.29, 1.82) is 0 Å². The molecule has 5 heteroatoms. The van der Waals surface area contributed by atoms with Gasteiger partial charge in [0.1, 0.15) is 6.10 Å². The van der Waals surface area contributed by atoms with Crippen LogP contribution in [0.2, 0.25) is 0 Å². The van der Waals surface area contributed by atoms with Gasteiger partial charge in [-0.15, -0.1) is 0 Å². The molecule has 0 saturated carbocycles. The molecule has 108 valence electrons. The van der Waals surface area contributed by atoms with Crippen LogP contribution in [0.4, 0.5) is 0 Å². The number of hydrogen-bond donors (Lipinski definition) is 0. The van der Waals surface area contributed by atoms with Crippen LogP contribution in [-0.2, 0) is 19.0 Å². The van der Waals surface area contributed by atoms with Gasteiger partial charge in [0.15, 0.2) is 5.41 Å². The Bertz CT molecular complexity index is 223. The number of unbranched alkanes of at least 4 members (excludes halogenated alkanes) is 2. The molecule has 0 heterocycles. The molecule has 0 saturated heterocycles. The van der Waals surface area contributed by atoms with Crippen LogP contribution in [0.5, 0.6) is 0 Å². The zero-order chi connectivity index (χ0) is 14.0. The summed E-state index contributed by atoms with van der Waals surface area (Å²) in [5.74, 6) is -0.291. The van der Waals surface area contributed by atoms with Gasteiger partial charge in [0.25, 0.3) is 0 Å². The topological polar surface area (TPSA) is 44.8 Å². The Balaban J connectivity index is 4.40. The zero-order valence-corrected chi connectivity index (χ0v) is 14.5. The summed E-state index contributed by atoms with van der Waals surface area (Å²) < 4.78 is 16.9. The second-order valence-corrected chi connectivity index (χ2v) is 6.07. The molecule has 0 aromatic rings. The largest absolute Gasteiger partial charge is 0.458 e. The summed E-state index contributed by atoms with van der Waals surface area (Å²) in [6.45, 7) is 8.79. The first-order valence-corrected chi connectivity index (χ1v) is 7.91.